The first-order chi connectivity index (χ1) is 6.75. The van der Waals surface area contributed by atoms with Crippen LogP contribution in [0.25, 0.3) is 6.08 Å². The van der Waals surface area contributed by atoms with E-state index in [1.54, 1.807) is 16.9 Å². The van der Waals surface area contributed by atoms with Gasteiger partial charge in [0.2, 0.25) is 0 Å². The van der Waals surface area contributed by atoms with Crippen LogP contribution in [0, 0.1) is 5.92 Å². The molecule has 1 atom stereocenters. The summed E-state index contributed by atoms with van der Waals surface area (Å²) in [6, 6.07) is 2.04. The normalized spacial score (nSPS) is 25.6. The summed E-state index contributed by atoms with van der Waals surface area (Å²) in [4.78, 5) is 0. The van der Waals surface area contributed by atoms with Crippen LogP contribution in [0.5, 0.6) is 0 Å². The van der Waals surface area contributed by atoms with Crippen molar-refractivity contribution in [2.45, 2.75) is 13.3 Å². The summed E-state index contributed by atoms with van der Waals surface area (Å²) in [6.07, 6.45) is 3.45. The lowest BCUT2D eigenvalue weighted by molar-refractivity contribution is 0.505. The quantitative estimate of drug-likeness (QED) is 0.776. The van der Waals surface area contributed by atoms with Crippen LogP contribution in [0.4, 0.5) is 0 Å². The Bertz CT molecular complexity index is 343. The Morgan fingerprint density at radius 3 is 3.14 bits per heavy atom. The van der Waals surface area contributed by atoms with Crippen molar-refractivity contribution in [2.24, 2.45) is 5.92 Å². The van der Waals surface area contributed by atoms with Crippen LogP contribution >= 0.6 is 22.9 Å². The van der Waals surface area contributed by atoms with E-state index in [-0.39, 0.29) is 0 Å². The molecule has 1 aromatic heterocycles. The number of piperidine rings is 1. The smallest absolute Gasteiger partial charge is 0.0934 e. The van der Waals surface area contributed by atoms with Crippen molar-refractivity contribution in [1.29, 1.82) is 0 Å². The summed E-state index contributed by atoms with van der Waals surface area (Å²) >= 11 is 7.49. The molecule has 0 spiro atoms. The van der Waals surface area contributed by atoms with Gasteiger partial charge in [0.1, 0.15) is 0 Å². The van der Waals surface area contributed by atoms with Gasteiger partial charge in [-0.2, -0.15) is 0 Å². The first-order valence-corrected chi connectivity index (χ1v) is 6.16. The first-order valence-electron chi connectivity index (χ1n) is 4.91. The molecule has 1 aliphatic rings. The minimum Gasteiger partial charge on any atom is -0.316 e. The topological polar surface area (TPSA) is 12.0 Å². The average Bonchev–Trinajstić information content (AvgIpc) is 2.56. The van der Waals surface area contributed by atoms with Crippen molar-refractivity contribution in [3.63, 3.8) is 0 Å². The van der Waals surface area contributed by atoms with Crippen molar-refractivity contribution in [2.75, 3.05) is 13.1 Å². The van der Waals surface area contributed by atoms with Gasteiger partial charge in [-0.15, -0.1) is 11.3 Å². The number of hydrogen-bond donors (Lipinski definition) is 1. The molecule has 1 aromatic rings. The minimum absolute atomic E-state index is 0.655. The molecule has 0 aromatic carbocycles. The maximum atomic E-state index is 5.89. The van der Waals surface area contributed by atoms with Crippen molar-refractivity contribution in [3.8, 4) is 0 Å². The van der Waals surface area contributed by atoms with E-state index in [1.165, 1.54) is 5.56 Å². The van der Waals surface area contributed by atoms with Crippen molar-refractivity contribution in [1.82, 2.24) is 5.32 Å². The molecular formula is C11H14ClNS. The van der Waals surface area contributed by atoms with E-state index in [4.69, 9.17) is 11.6 Å². The standard InChI is InChI=1S/C11H14ClNS/c1-8-6-13-3-2-10(8)4-9-5-11(12)14-7-9/h4-5,7-8,13H,2-3,6H2,1H3/b10-4+. The monoisotopic (exact) mass is 227 g/mol. The second-order valence-electron chi connectivity index (χ2n) is 3.76. The van der Waals surface area contributed by atoms with E-state index in [0.29, 0.717) is 5.92 Å². The van der Waals surface area contributed by atoms with Gasteiger partial charge in [0.05, 0.1) is 4.34 Å². The van der Waals surface area contributed by atoms with Crippen LogP contribution in [0.2, 0.25) is 4.34 Å². The van der Waals surface area contributed by atoms with Crippen molar-refractivity contribution >= 4 is 29.0 Å². The van der Waals surface area contributed by atoms with E-state index < -0.39 is 0 Å². The van der Waals surface area contributed by atoms with Crippen LogP contribution in [0.1, 0.15) is 18.9 Å². The highest BCUT2D eigenvalue weighted by molar-refractivity contribution is 7.14. The molecule has 0 saturated carbocycles. The molecule has 0 bridgehead atoms. The zero-order valence-corrected chi connectivity index (χ0v) is 9.79. The second-order valence-corrected chi connectivity index (χ2v) is 5.30. The van der Waals surface area contributed by atoms with Gasteiger partial charge in [-0.05, 0) is 35.9 Å². The molecule has 14 heavy (non-hydrogen) atoms. The predicted octanol–water partition coefficient (Wildman–Crippen LogP) is 3.41. The van der Waals surface area contributed by atoms with Gasteiger partial charge in [0.25, 0.3) is 0 Å². The highest BCUT2D eigenvalue weighted by atomic mass is 35.5. The number of rotatable bonds is 1. The second kappa shape index (κ2) is 4.47. The van der Waals surface area contributed by atoms with Gasteiger partial charge < -0.3 is 5.32 Å². The maximum Gasteiger partial charge on any atom is 0.0934 e. The fourth-order valence-corrected chi connectivity index (χ4v) is 2.60. The Morgan fingerprint density at radius 1 is 1.64 bits per heavy atom. The molecule has 1 nitrogen and oxygen atoms in total. The van der Waals surface area contributed by atoms with Crippen LogP contribution in [0.3, 0.4) is 0 Å². The molecule has 2 rings (SSSR count). The van der Waals surface area contributed by atoms with Crippen LogP contribution < -0.4 is 5.32 Å². The Hall–Kier alpha value is -0.310. The fourth-order valence-electron chi connectivity index (χ4n) is 1.76. The highest BCUT2D eigenvalue weighted by Gasteiger charge is 2.13. The van der Waals surface area contributed by atoms with Gasteiger partial charge in [-0.1, -0.05) is 30.2 Å². The maximum absolute atomic E-state index is 5.89. The van der Waals surface area contributed by atoms with E-state index >= 15 is 0 Å². The molecule has 0 radical (unpaired) electrons. The summed E-state index contributed by atoms with van der Waals surface area (Å²) < 4.78 is 0.874. The SMILES string of the molecule is CC1CNCC/C1=C\c1csc(Cl)c1. The zero-order valence-electron chi connectivity index (χ0n) is 8.22. The molecule has 0 aliphatic carbocycles. The third-order valence-electron chi connectivity index (χ3n) is 2.61. The molecule has 76 valence electrons. The predicted molar refractivity (Wildman–Crippen MR) is 64.0 cm³/mol. The van der Waals surface area contributed by atoms with Crippen molar-refractivity contribution in [3.05, 3.63) is 26.9 Å². The highest BCUT2D eigenvalue weighted by Crippen LogP contribution is 2.25. The Kier molecular flexibility index (Phi) is 3.26. The number of nitrogens with one attached hydrogen (secondary N) is 1. The van der Waals surface area contributed by atoms with Crippen LogP contribution in [0.15, 0.2) is 17.0 Å². The van der Waals surface area contributed by atoms with E-state index in [0.717, 1.165) is 23.8 Å². The zero-order chi connectivity index (χ0) is 9.97. The Balaban J connectivity index is 2.16. The number of thiophene rings is 1. The Morgan fingerprint density at radius 2 is 2.50 bits per heavy atom. The summed E-state index contributed by atoms with van der Waals surface area (Å²) in [7, 11) is 0. The fraction of sp³-hybridized carbons (Fsp3) is 0.455. The molecule has 1 saturated heterocycles. The minimum atomic E-state index is 0.655. The lowest BCUT2D eigenvalue weighted by Gasteiger charge is -2.22. The first kappa shape index (κ1) is 10.2. The molecule has 0 amide bonds. The lowest BCUT2D eigenvalue weighted by atomic mass is 9.93. The average molecular weight is 228 g/mol. The summed E-state index contributed by atoms with van der Waals surface area (Å²) in [6.45, 7) is 4.48. The summed E-state index contributed by atoms with van der Waals surface area (Å²) in [5.74, 6) is 0.655. The lowest BCUT2D eigenvalue weighted by Crippen LogP contribution is -2.29. The van der Waals surface area contributed by atoms with Gasteiger partial charge in [0.15, 0.2) is 0 Å². The molecule has 1 unspecified atom stereocenters. The molecular weight excluding hydrogens is 214 g/mol. The van der Waals surface area contributed by atoms with E-state index in [1.807, 2.05) is 6.07 Å². The van der Waals surface area contributed by atoms with Crippen molar-refractivity contribution < 1.29 is 0 Å². The molecule has 3 heteroatoms. The van der Waals surface area contributed by atoms with Gasteiger partial charge >= 0.3 is 0 Å². The molecule has 1 aliphatic heterocycles. The Labute approximate surface area is 93.8 Å². The van der Waals surface area contributed by atoms with Crippen LogP contribution in [-0.2, 0) is 0 Å². The third kappa shape index (κ3) is 2.38. The summed E-state index contributed by atoms with van der Waals surface area (Å²) in [5, 5.41) is 5.51. The van der Waals surface area contributed by atoms with Crippen LogP contribution in [-0.4, -0.2) is 13.1 Å². The molecule has 1 fully saturated rings. The third-order valence-corrected chi connectivity index (χ3v) is 3.72. The summed E-state index contributed by atoms with van der Waals surface area (Å²) in [5.41, 5.74) is 2.79. The van der Waals surface area contributed by atoms with Gasteiger partial charge in [-0.3, -0.25) is 0 Å². The number of hydrogen-bond acceptors (Lipinski definition) is 2. The molecule has 1 N–H and O–H groups in total. The van der Waals surface area contributed by atoms with E-state index in [2.05, 4.69) is 23.7 Å². The van der Waals surface area contributed by atoms with Gasteiger partial charge in [0, 0.05) is 6.54 Å². The van der Waals surface area contributed by atoms with Gasteiger partial charge in [-0.25, -0.2) is 0 Å². The van der Waals surface area contributed by atoms with E-state index in [9.17, 15) is 0 Å². The number of halogens is 1. The molecule has 2 heterocycles. The largest absolute Gasteiger partial charge is 0.316 e.